The Morgan fingerprint density at radius 1 is 0.971 bits per heavy atom. The molecule has 1 aliphatic rings. The standard InChI is InChI=1S/C27H29N3O5/c1-33-23-9-11-24(12-10-23)35-20-27(32)30-17-25(34-19-21-6-3-2-4-7-21)16-29(26(31)18-30)15-22-8-5-13-28-14-22/h2-14,25H,15-20H2,1H3. The van der Waals surface area contributed by atoms with Crippen molar-refractivity contribution in [2.75, 3.05) is 33.4 Å². The van der Waals surface area contributed by atoms with Gasteiger partial charge in [0.2, 0.25) is 5.91 Å². The first-order valence-electron chi connectivity index (χ1n) is 11.5. The topological polar surface area (TPSA) is 81.2 Å². The van der Waals surface area contributed by atoms with Crippen LogP contribution in [-0.2, 0) is 27.5 Å². The van der Waals surface area contributed by atoms with Crippen LogP contribution < -0.4 is 9.47 Å². The Labute approximate surface area is 205 Å². The largest absolute Gasteiger partial charge is 0.497 e. The maximum Gasteiger partial charge on any atom is 0.261 e. The number of methoxy groups -OCH3 is 1. The molecule has 8 nitrogen and oxygen atoms in total. The van der Waals surface area contributed by atoms with Crippen LogP contribution in [0.25, 0.3) is 0 Å². The van der Waals surface area contributed by atoms with Crippen molar-refractivity contribution in [3.05, 3.63) is 90.3 Å². The number of benzene rings is 2. The molecule has 1 unspecified atom stereocenters. The van der Waals surface area contributed by atoms with Crippen molar-refractivity contribution in [2.24, 2.45) is 0 Å². The lowest BCUT2D eigenvalue weighted by Crippen LogP contribution is -2.42. The van der Waals surface area contributed by atoms with Crippen molar-refractivity contribution in [3.8, 4) is 11.5 Å². The molecule has 1 aromatic heterocycles. The summed E-state index contributed by atoms with van der Waals surface area (Å²) >= 11 is 0. The third kappa shape index (κ3) is 7.04. The van der Waals surface area contributed by atoms with Crippen molar-refractivity contribution in [2.45, 2.75) is 19.3 Å². The average Bonchev–Trinajstić information content (AvgIpc) is 3.06. The molecule has 1 fully saturated rings. The van der Waals surface area contributed by atoms with E-state index >= 15 is 0 Å². The van der Waals surface area contributed by atoms with E-state index in [1.54, 1.807) is 48.7 Å². The van der Waals surface area contributed by atoms with E-state index in [1.165, 1.54) is 4.90 Å². The predicted molar refractivity (Wildman–Crippen MR) is 130 cm³/mol. The highest BCUT2D eigenvalue weighted by atomic mass is 16.5. The molecule has 0 spiro atoms. The molecule has 0 bridgehead atoms. The number of hydrogen-bond acceptors (Lipinski definition) is 6. The summed E-state index contributed by atoms with van der Waals surface area (Å²) in [4.78, 5) is 33.5. The van der Waals surface area contributed by atoms with E-state index in [2.05, 4.69) is 4.98 Å². The van der Waals surface area contributed by atoms with E-state index < -0.39 is 0 Å². The molecular weight excluding hydrogens is 446 g/mol. The lowest BCUT2D eigenvalue weighted by molar-refractivity contribution is -0.140. The maximum absolute atomic E-state index is 13.1. The SMILES string of the molecule is COc1ccc(OCC(=O)N2CC(=O)N(Cc3cccnc3)CC(OCc3ccccc3)C2)cc1. The molecule has 2 aromatic carbocycles. The van der Waals surface area contributed by atoms with Gasteiger partial charge in [0, 0.05) is 32.0 Å². The number of carbonyl (C=O) groups is 2. The first-order valence-corrected chi connectivity index (χ1v) is 11.5. The first-order chi connectivity index (χ1) is 17.1. The van der Waals surface area contributed by atoms with E-state index in [-0.39, 0.29) is 31.1 Å². The highest BCUT2D eigenvalue weighted by molar-refractivity contribution is 5.86. The molecule has 0 N–H and O–H groups in total. The molecule has 2 heterocycles. The summed E-state index contributed by atoms with van der Waals surface area (Å²) < 4.78 is 17.0. The molecule has 3 aromatic rings. The van der Waals surface area contributed by atoms with E-state index in [1.807, 2.05) is 42.5 Å². The zero-order chi connectivity index (χ0) is 24.5. The van der Waals surface area contributed by atoms with Gasteiger partial charge < -0.3 is 24.0 Å². The monoisotopic (exact) mass is 475 g/mol. The normalized spacial score (nSPS) is 16.0. The Morgan fingerprint density at radius 2 is 1.71 bits per heavy atom. The fourth-order valence-electron chi connectivity index (χ4n) is 3.84. The number of amides is 2. The highest BCUT2D eigenvalue weighted by Crippen LogP contribution is 2.18. The van der Waals surface area contributed by atoms with Gasteiger partial charge in [-0.1, -0.05) is 36.4 Å². The molecule has 1 saturated heterocycles. The zero-order valence-corrected chi connectivity index (χ0v) is 19.7. The zero-order valence-electron chi connectivity index (χ0n) is 19.7. The fraction of sp³-hybridized carbons (Fsp3) is 0.296. The molecule has 1 aliphatic heterocycles. The second-order valence-corrected chi connectivity index (χ2v) is 8.29. The Hall–Kier alpha value is -3.91. The number of carbonyl (C=O) groups excluding carboxylic acids is 2. The number of pyridine rings is 1. The quantitative estimate of drug-likeness (QED) is 0.473. The minimum Gasteiger partial charge on any atom is -0.497 e. The second kappa shape index (κ2) is 12.0. The van der Waals surface area contributed by atoms with Gasteiger partial charge in [-0.25, -0.2) is 0 Å². The molecule has 0 radical (unpaired) electrons. The number of aromatic nitrogens is 1. The summed E-state index contributed by atoms with van der Waals surface area (Å²) in [5.74, 6) is 0.840. The first kappa shape index (κ1) is 24.2. The summed E-state index contributed by atoms with van der Waals surface area (Å²) in [5.41, 5.74) is 1.95. The van der Waals surface area contributed by atoms with Crippen LogP contribution in [0, 0.1) is 0 Å². The number of hydrogen-bond donors (Lipinski definition) is 0. The minimum absolute atomic E-state index is 0.0315. The van der Waals surface area contributed by atoms with Crippen molar-refractivity contribution in [1.82, 2.24) is 14.8 Å². The van der Waals surface area contributed by atoms with Crippen molar-refractivity contribution < 1.29 is 23.8 Å². The summed E-state index contributed by atoms with van der Waals surface area (Å²) in [6.45, 7) is 1.27. The van der Waals surface area contributed by atoms with Crippen LogP contribution in [0.3, 0.4) is 0 Å². The summed E-state index contributed by atoms with van der Waals surface area (Å²) in [6, 6.07) is 20.6. The lowest BCUT2D eigenvalue weighted by atomic mass is 10.2. The van der Waals surface area contributed by atoms with Gasteiger partial charge in [0.25, 0.3) is 5.91 Å². The van der Waals surface area contributed by atoms with Crippen molar-refractivity contribution in [3.63, 3.8) is 0 Å². The van der Waals surface area contributed by atoms with Gasteiger partial charge in [0.05, 0.1) is 26.4 Å². The van der Waals surface area contributed by atoms with Gasteiger partial charge in [0.15, 0.2) is 6.61 Å². The average molecular weight is 476 g/mol. The van der Waals surface area contributed by atoms with E-state index in [4.69, 9.17) is 14.2 Å². The molecule has 35 heavy (non-hydrogen) atoms. The van der Waals surface area contributed by atoms with E-state index in [9.17, 15) is 9.59 Å². The van der Waals surface area contributed by atoms with Crippen LogP contribution in [-0.4, -0.2) is 66.1 Å². The number of nitrogens with zero attached hydrogens (tertiary/aromatic N) is 3. The summed E-state index contributed by atoms with van der Waals surface area (Å²) in [7, 11) is 1.59. The van der Waals surface area contributed by atoms with Crippen LogP contribution in [0.4, 0.5) is 0 Å². The third-order valence-corrected chi connectivity index (χ3v) is 5.73. The van der Waals surface area contributed by atoms with E-state index in [0.29, 0.717) is 37.7 Å². The molecule has 2 amide bonds. The van der Waals surface area contributed by atoms with Gasteiger partial charge in [-0.3, -0.25) is 14.6 Å². The van der Waals surface area contributed by atoms with Gasteiger partial charge in [-0.2, -0.15) is 0 Å². The Balaban J connectivity index is 1.43. The van der Waals surface area contributed by atoms with Gasteiger partial charge in [-0.05, 0) is 41.5 Å². The van der Waals surface area contributed by atoms with Gasteiger partial charge >= 0.3 is 0 Å². The second-order valence-electron chi connectivity index (χ2n) is 8.29. The number of rotatable bonds is 9. The fourth-order valence-corrected chi connectivity index (χ4v) is 3.84. The minimum atomic E-state index is -0.344. The summed E-state index contributed by atoms with van der Waals surface area (Å²) in [6.07, 6.45) is 3.09. The predicted octanol–water partition coefficient (Wildman–Crippen LogP) is 2.93. The molecule has 0 saturated carbocycles. The van der Waals surface area contributed by atoms with E-state index in [0.717, 1.165) is 11.1 Å². The lowest BCUT2D eigenvalue weighted by Gasteiger charge is -2.25. The molecule has 1 atom stereocenters. The van der Waals surface area contributed by atoms with Crippen LogP contribution in [0.1, 0.15) is 11.1 Å². The molecular formula is C27H29N3O5. The molecule has 4 rings (SSSR count). The van der Waals surface area contributed by atoms with Gasteiger partial charge in [0.1, 0.15) is 11.5 Å². The molecule has 8 heteroatoms. The third-order valence-electron chi connectivity index (χ3n) is 5.73. The Kier molecular flexibility index (Phi) is 8.30. The Bertz CT molecular complexity index is 1090. The maximum atomic E-state index is 13.1. The van der Waals surface area contributed by atoms with Gasteiger partial charge in [-0.15, -0.1) is 0 Å². The number of ether oxygens (including phenoxy) is 3. The van der Waals surface area contributed by atoms with Crippen molar-refractivity contribution >= 4 is 11.8 Å². The Morgan fingerprint density at radius 3 is 2.43 bits per heavy atom. The molecule has 182 valence electrons. The highest BCUT2D eigenvalue weighted by Gasteiger charge is 2.31. The van der Waals surface area contributed by atoms with Crippen LogP contribution in [0.2, 0.25) is 0 Å². The smallest absolute Gasteiger partial charge is 0.261 e. The van der Waals surface area contributed by atoms with Crippen LogP contribution in [0.5, 0.6) is 11.5 Å². The molecule has 0 aliphatic carbocycles. The van der Waals surface area contributed by atoms with Crippen LogP contribution >= 0.6 is 0 Å². The summed E-state index contributed by atoms with van der Waals surface area (Å²) in [5, 5.41) is 0. The van der Waals surface area contributed by atoms with Crippen LogP contribution in [0.15, 0.2) is 79.1 Å². The van der Waals surface area contributed by atoms with Crippen molar-refractivity contribution in [1.29, 1.82) is 0 Å².